The average Bonchev–Trinajstić information content (AvgIpc) is 2.95. The second kappa shape index (κ2) is 5.72. The molecule has 0 aromatic carbocycles. The van der Waals surface area contributed by atoms with Crippen LogP contribution >= 0.6 is 0 Å². The third kappa shape index (κ3) is 3.48. The van der Waals surface area contributed by atoms with E-state index in [0.717, 1.165) is 17.3 Å². The van der Waals surface area contributed by atoms with E-state index in [1.54, 1.807) is 0 Å². The molecule has 0 atom stereocenters. The normalized spacial score (nSPS) is 14.8. The van der Waals surface area contributed by atoms with E-state index in [9.17, 15) is 18.4 Å². The molecule has 7 nitrogen and oxygen atoms in total. The van der Waals surface area contributed by atoms with Crippen LogP contribution in [0.5, 0.6) is 0 Å². The maximum atomic E-state index is 12.5. The van der Waals surface area contributed by atoms with Gasteiger partial charge >= 0.3 is 6.18 Å². The molecule has 2 aromatic heterocycles. The predicted molar refractivity (Wildman–Crippen MR) is 73.4 cm³/mol. The Morgan fingerprint density at radius 1 is 1.22 bits per heavy atom. The fourth-order valence-electron chi connectivity index (χ4n) is 1.80. The Hall–Kier alpha value is -2.88. The van der Waals surface area contributed by atoms with Crippen molar-refractivity contribution >= 4 is 12.2 Å². The zero-order valence-corrected chi connectivity index (χ0v) is 11.4. The second-order valence-electron chi connectivity index (χ2n) is 4.56. The number of anilines is 1. The van der Waals surface area contributed by atoms with Gasteiger partial charge in [0.1, 0.15) is 12.4 Å². The summed E-state index contributed by atoms with van der Waals surface area (Å²) in [5, 5.41) is 12.9. The van der Waals surface area contributed by atoms with E-state index in [-0.39, 0.29) is 24.1 Å². The number of alkyl halides is 3. The van der Waals surface area contributed by atoms with Gasteiger partial charge in [-0.2, -0.15) is 13.2 Å². The molecule has 3 rings (SSSR count). The van der Waals surface area contributed by atoms with Crippen molar-refractivity contribution in [1.82, 2.24) is 15.0 Å². The molecule has 0 saturated carbocycles. The molecule has 1 aliphatic heterocycles. The number of rotatable bonds is 3. The largest absolute Gasteiger partial charge is 0.422 e. The molecule has 10 heteroatoms. The van der Waals surface area contributed by atoms with Crippen LogP contribution in [0.3, 0.4) is 0 Å². The van der Waals surface area contributed by atoms with Crippen LogP contribution in [0.4, 0.5) is 19.2 Å². The van der Waals surface area contributed by atoms with Gasteiger partial charge in [-0.25, -0.2) is 10.0 Å². The first-order valence-electron chi connectivity index (χ1n) is 6.35. The van der Waals surface area contributed by atoms with Crippen LogP contribution in [0.2, 0.25) is 0 Å². The number of halogens is 3. The zero-order chi connectivity index (χ0) is 16.4. The number of hydrogen-bond acceptors (Lipinski definition) is 7. The molecule has 0 unspecified atom stereocenters. The molecule has 120 valence electrons. The van der Waals surface area contributed by atoms with Crippen molar-refractivity contribution in [2.75, 3.05) is 12.0 Å². The Balaban J connectivity index is 1.75. The highest BCUT2D eigenvalue weighted by molar-refractivity contribution is 5.82. The van der Waals surface area contributed by atoms with Gasteiger partial charge in [0.2, 0.25) is 0 Å². The van der Waals surface area contributed by atoms with Crippen LogP contribution in [-0.2, 0) is 6.18 Å². The van der Waals surface area contributed by atoms with E-state index in [4.69, 9.17) is 4.42 Å². The Bertz CT molecular complexity index is 752. The number of nitrogens with zero attached hydrogens (tertiary/aromatic N) is 4. The van der Waals surface area contributed by atoms with Gasteiger partial charge in [0.25, 0.3) is 6.01 Å². The average molecular weight is 325 g/mol. The molecule has 2 N–H and O–H groups in total. The number of aromatic nitrogens is 2. The van der Waals surface area contributed by atoms with E-state index in [0.29, 0.717) is 5.70 Å². The van der Waals surface area contributed by atoms with Crippen molar-refractivity contribution in [2.45, 2.75) is 6.18 Å². The summed E-state index contributed by atoms with van der Waals surface area (Å²) in [6.07, 6.45) is 0.475. The molecule has 0 aliphatic carbocycles. The lowest BCUT2D eigenvalue weighted by Gasteiger charge is -2.14. The lowest BCUT2D eigenvalue weighted by molar-refractivity contribution is -0.137. The van der Waals surface area contributed by atoms with Gasteiger partial charge < -0.3 is 9.73 Å². The quantitative estimate of drug-likeness (QED) is 0.902. The molecule has 1 aliphatic rings. The first-order chi connectivity index (χ1) is 10.9. The Labute approximate surface area is 127 Å². The molecule has 3 heterocycles. The van der Waals surface area contributed by atoms with Gasteiger partial charge in [-0.3, -0.25) is 15.2 Å². The summed E-state index contributed by atoms with van der Waals surface area (Å²) in [4.78, 5) is 11.5. The first-order valence-corrected chi connectivity index (χ1v) is 6.35. The van der Waals surface area contributed by atoms with E-state index in [2.05, 4.69) is 20.3 Å². The van der Waals surface area contributed by atoms with Crippen molar-refractivity contribution < 1.29 is 22.8 Å². The summed E-state index contributed by atoms with van der Waals surface area (Å²) in [5.74, 6) is 0.204. The highest BCUT2D eigenvalue weighted by Crippen LogP contribution is 2.30. The van der Waals surface area contributed by atoms with Gasteiger partial charge in [-0.1, -0.05) is 0 Å². The molecular formula is C13H10F3N5O2. The molecule has 0 bridgehead atoms. The molecule has 23 heavy (non-hydrogen) atoms. The monoisotopic (exact) mass is 325 g/mol. The fraction of sp³-hybridized carbons (Fsp3) is 0.154. The first kappa shape index (κ1) is 15.0. The Kier molecular flexibility index (Phi) is 3.74. The summed E-state index contributed by atoms with van der Waals surface area (Å²) < 4.78 is 42.8. The van der Waals surface area contributed by atoms with Gasteiger partial charge in [-0.05, 0) is 12.1 Å². The SMILES string of the molecule is ON1C=C(Nc2ncc(-c3ccc(C(F)(F)F)cn3)o2)C=NC1. The highest BCUT2D eigenvalue weighted by Gasteiger charge is 2.30. The van der Waals surface area contributed by atoms with E-state index >= 15 is 0 Å². The minimum atomic E-state index is -4.44. The highest BCUT2D eigenvalue weighted by atomic mass is 19.4. The zero-order valence-electron chi connectivity index (χ0n) is 11.4. The molecule has 0 fully saturated rings. The lowest BCUT2D eigenvalue weighted by atomic mass is 10.2. The van der Waals surface area contributed by atoms with Gasteiger partial charge in [0.15, 0.2) is 5.76 Å². The van der Waals surface area contributed by atoms with Crippen molar-refractivity contribution in [3.05, 3.63) is 42.0 Å². The third-order valence-electron chi connectivity index (χ3n) is 2.85. The fourth-order valence-corrected chi connectivity index (χ4v) is 1.80. The minimum absolute atomic E-state index is 0.0923. The molecule has 0 spiro atoms. The number of nitrogens with one attached hydrogen (secondary N) is 1. The van der Waals surface area contributed by atoms with Crippen LogP contribution in [0.15, 0.2) is 45.8 Å². The van der Waals surface area contributed by atoms with Gasteiger partial charge in [0, 0.05) is 12.4 Å². The summed E-state index contributed by atoms with van der Waals surface area (Å²) in [5.41, 5.74) is -0.188. The topological polar surface area (TPSA) is 86.8 Å². The minimum Gasteiger partial charge on any atom is -0.422 e. The summed E-state index contributed by atoms with van der Waals surface area (Å²) in [6, 6.07) is 2.21. The van der Waals surface area contributed by atoms with Crippen LogP contribution in [0, 0.1) is 0 Å². The van der Waals surface area contributed by atoms with E-state index in [1.165, 1.54) is 24.7 Å². The van der Waals surface area contributed by atoms with Crippen molar-refractivity contribution in [3.63, 3.8) is 0 Å². The predicted octanol–water partition coefficient (Wildman–Crippen LogP) is 2.74. The maximum Gasteiger partial charge on any atom is 0.417 e. The number of pyridine rings is 1. The number of hydrogen-bond donors (Lipinski definition) is 2. The van der Waals surface area contributed by atoms with E-state index in [1.807, 2.05) is 0 Å². The van der Waals surface area contributed by atoms with Crippen LogP contribution < -0.4 is 5.32 Å². The molecule has 0 saturated heterocycles. The van der Waals surface area contributed by atoms with Gasteiger partial charge in [0.05, 0.1) is 23.7 Å². The smallest absolute Gasteiger partial charge is 0.417 e. The number of hydroxylamine groups is 2. The third-order valence-corrected chi connectivity index (χ3v) is 2.85. The van der Waals surface area contributed by atoms with E-state index < -0.39 is 11.7 Å². The number of allylic oxidation sites excluding steroid dienone is 1. The molecule has 0 radical (unpaired) electrons. The Morgan fingerprint density at radius 3 is 2.70 bits per heavy atom. The van der Waals surface area contributed by atoms with Crippen molar-refractivity contribution in [3.8, 4) is 11.5 Å². The molecule has 2 aromatic rings. The lowest BCUT2D eigenvalue weighted by Crippen LogP contribution is -2.19. The van der Waals surface area contributed by atoms with Crippen molar-refractivity contribution in [2.24, 2.45) is 4.99 Å². The Morgan fingerprint density at radius 2 is 2.04 bits per heavy atom. The van der Waals surface area contributed by atoms with Crippen LogP contribution in [-0.4, -0.2) is 33.1 Å². The standard InChI is InChI=1S/C13H10F3N5O2/c14-13(15,16)8-1-2-10(18-3-8)11-5-19-12(23-11)20-9-4-17-7-21(22)6-9/h1-6,22H,7H2,(H,19,20). The number of aliphatic imine (C=N–C) groups is 1. The molecular weight excluding hydrogens is 315 g/mol. The van der Waals surface area contributed by atoms with Crippen LogP contribution in [0.25, 0.3) is 11.5 Å². The second-order valence-corrected chi connectivity index (χ2v) is 4.56. The summed E-state index contributed by atoms with van der Waals surface area (Å²) in [6.45, 7) is 0.123. The maximum absolute atomic E-state index is 12.5. The summed E-state index contributed by atoms with van der Waals surface area (Å²) >= 11 is 0. The van der Waals surface area contributed by atoms with Crippen LogP contribution in [0.1, 0.15) is 5.56 Å². The number of oxazole rings is 1. The van der Waals surface area contributed by atoms with Crippen molar-refractivity contribution in [1.29, 1.82) is 0 Å². The molecule has 0 amide bonds. The summed E-state index contributed by atoms with van der Waals surface area (Å²) in [7, 11) is 0. The van der Waals surface area contributed by atoms with Gasteiger partial charge in [-0.15, -0.1) is 0 Å².